The summed E-state index contributed by atoms with van der Waals surface area (Å²) in [6.45, 7) is 0.483. The number of nitrogen functional groups attached to an aromatic ring is 1. The van der Waals surface area contributed by atoms with Crippen molar-refractivity contribution in [1.82, 2.24) is 15.0 Å². The first kappa shape index (κ1) is 13.7. The Morgan fingerprint density at radius 1 is 1.37 bits per heavy atom. The highest BCUT2D eigenvalue weighted by Crippen LogP contribution is 2.19. The van der Waals surface area contributed by atoms with Crippen LogP contribution in [0.15, 0.2) is 0 Å². The van der Waals surface area contributed by atoms with Crippen molar-refractivity contribution in [3.63, 3.8) is 0 Å². The van der Waals surface area contributed by atoms with Crippen LogP contribution in [-0.2, 0) is 9.84 Å². The van der Waals surface area contributed by atoms with Gasteiger partial charge in [0.15, 0.2) is 9.84 Å². The predicted molar refractivity (Wildman–Crippen MR) is 69.4 cm³/mol. The number of aromatic nitrogens is 3. The molecule has 1 aliphatic heterocycles. The van der Waals surface area contributed by atoms with Crippen LogP contribution < -0.4 is 21.3 Å². The monoisotopic (exact) mass is 288 g/mol. The van der Waals surface area contributed by atoms with Crippen LogP contribution in [-0.4, -0.2) is 48.5 Å². The third kappa shape index (κ3) is 3.64. The van der Waals surface area contributed by atoms with Gasteiger partial charge in [-0.2, -0.15) is 15.0 Å². The zero-order chi connectivity index (χ0) is 13.9. The summed E-state index contributed by atoms with van der Waals surface area (Å²) in [5.41, 5.74) is 2.31. The van der Waals surface area contributed by atoms with E-state index in [0.29, 0.717) is 18.9 Å². The minimum Gasteiger partial charge on any atom is -0.467 e. The fraction of sp³-hybridized carbons (Fsp3) is 0.667. The lowest BCUT2D eigenvalue weighted by Crippen LogP contribution is -2.19. The maximum atomic E-state index is 11.3. The van der Waals surface area contributed by atoms with Gasteiger partial charge in [-0.3, -0.25) is 5.43 Å². The second-order valence-electron chi connectivity index (χ2n) is 4.26. The van der Waals surface area contributed by atoms with Crippen molar-refractivity contribution in [2.45, 2.75) is 6.42 Å². The Bertz CT molecular complexity index is 527. The van der Waals surface area contributed by atoms with Crippen molar-refractivity contribution in [2.75, 3.05) is 35.9 Å². The molecule has 2 heterocycles. The highest BCUT2D eigenvalue weighted by Gasteiger charge is 2.27. The number of methoxy groups -OCH3 is 1. The molecule has 0 spiro atoms. The molecule has 2 rings (SSSR count). The van der Waals surface area contributed by atoms with Crippen LogP contribution in [0.5, 0.6) is 6.01 Å². The third-order valence-corrected chi connectivity index (χ3v) is 4.64. The van der Waals surface area contributed by atoms with E-state index in [1.54, 1.807) is 0 Å². The molecule has 1 aliphatic rings. The number of sulfone groups is 1. The van der Waals surface area contributed by atoms with Gasteiger partial charge in [-0.25, -0.2) is 14.3 Å². The maximum absolute atomic E-state index is 11.3. The molecule has 0 bridgehead atoms. The van der Waals surface area contributed by atoms with Crippen molar-refractivity contribution in [2.24, 2.45) is 11.8 Å². The Labute approximate surface area is 110 Å². The summed E-state index contributed by atoms with van der Waals surface area (Å²) in [4.78, 5) is 11.9. The molecule has 1 aromatic heterocycles. The van der Waals surface area contributed by atoms with Crippen LogP contribution in [0, 0.1) is 5.92 Å². The molecule has 1 atom stereocenters. The molecule has 1 saturated heterocycles. The third-order valence-electron chi connectivity index (χ3n) is 2.80. The lowest BCUT2D eigenvalue weighted by Gasteiger charge is -2.10. The number of rotatable bonds is 5. The van der Waals surface area contributed by atoms with Crippen LogP contribution in [0.3, 0.4) is 0 Å². The van der Waals surface area contributed by atoms with Crippen LogP contribution >= 0.6 is 0 Å². The standard InChI is InChI=1S/C9H16N6O3S/c1-18-9-13-7(12-8(14-9)15-10)11-4-6-2-3-19(16,17)5-6/h6H,2-5,10H2,1H3,(H2,11,12,13,14,15). The zero-order valence-corrected chi connectivity index (χ0v) is 11.3. The summed E-state index contributed by atoms with van der Waals surface area (Å²) in [5.74, 6) is 6.22. The number of anilines is 2. The Balaban J connectivity index is 1.99. The lowest BCUT2D eigenvalue weighted by molar-refractivity contribution is 0.379. The molecule has 0 aliphatic carbocycles. The summed E-state index contributed by atoms with van der Waals surface area (Å²) < 4.78 is 27.6. The van der Waals surface area contributed by atoms with Gasteiger partial charge in [0.1, 0.15) is 0 Å². The molecule has 4 N–H and O–H groups in total. The van der Waals surface area contributed by atoms with E-state index in [0.717, 1.165) is 0 Å². The number of ether oxygens (including phenoxy) is 1. The van der Waals surface area contributed by atoms with Crippen molar-refractivity contribution in [3.8, 4) is 6.01 Å². The minimum absolute atomic E-state index is 0.0713. The first-order valence-electron chi connectivity index (χ1n) is 5.73. The predicted octanol–water partition coefficient (Wildman–Crippen LogP) is -0.988. The minimum atomic E-state index is -2.88. The molecule has 0 radical (unpaired) electrons. The molecule has 0 aromatic carbocycles. The van der Waals surface area contributed by atoms with E-state index in [-0.39, 0.29) is 29.4 Å². The van der Waals surface area contributed by atoms with Crippen molar-refractivity contribution >= 4 is 21.7 Å². The van der Waals surface area contributed by atoms with Gasteiger partial charge in [-0.15, -0.1) is 0 Å². The molecular formula is C9H16N6O3S. The molecule has 0 saturated carbocycles. The van der Waals surface area contributed by atoms with Crippen LogP contribution in [0.1, 0.15) is 6.42 Å². The smallest absolute Gasteiger partial charge is 0.322 e. The van der Waals surface area contributed by atoms with Crippen molar-refractivity contribution < 1.29 is 13.2 Å². The van der Waals surface area contributed by atoms with Gasteiger partial charge in [-0.1, -0.05) is 0 Å². The summed E-state index contributed by atoms with van der Waals surface area (Å²) in [7, 11) is -1.44. The number of nitrogens with zero attached hydrogens (tertiary/aromatic N) is 3. The van der Waals surface area contributed by atoms with Gasteiger partial charge in [0.2, 0.25) is 11.9 Å². The molecule has 1 aromatic rings. The molecule has 0 amide bonds. The molecule has 106 valence electrons. The Morgan fingerprint density at radius 3 is 2.68 bits per heavy atom. The Morgan fingerprint density at radius 2 is 2.11 bits per heavy atom. The van der Waals surface area contributed by atoms with Gasteiger partial charge >= 0.3 is 6.01 Å². The van der Waals surface area contributed by atoms with E-state index in [1.807, 2.05) is 0 Å². The normalized spacial score (nSPS) is 21.1. The van der Waals surface area contributed by atoms with E-state index in [4.69, 9.17) is 10.6 Å². The topological polar surface area (TPSA) is 132 Å². The average Bonchev–Trinajstić information content (AvgIpc) is 2.75. The van der Waals surface area contributed by atoms with E-state index >= 15 is 0 Å². The molecule has 10 heteroatoms. The maximum Gasteiger partial charge on any atom is 0.322 e. The summed E-state index contributed by atoms with van der Waals surface area (Å²) >= 11 is 0. The van der Waals surface area contributed by atoms with Crippen molar-refractivity contribution in [3.05, 3.63) is 0 Å². The van der Waals surface area contributed by atoms with Gasteiger partial charge < -0.3 is 10.1 Å². The van der Waals surface area contributed by atoms with E-state index in [9.17, 15) is 8.42 Å². The lowest BCUT2D eigenvalue weighted by atomic mass is 10.1. The Hall–Kier alpha value is -1.68. The molecule has 9 nitrogen and oxygen atoms in total. The second-order valence-corrected chi connectivity index (χ2v) is 6.49. The fourth-order valence-corrected chi connectivity index (χ4v) is 3.72. The largest absolute Gasteiger partial charge is 0.467 e. The molecular weight excluding hydrogens is 272 g/mol. The number of hydrazine groups is 1. The van der Waals surface area contributed by atoms with Gasteiger partial charge in [-0.05, 0) is 12.3 Å². The number of hydrogen-bond acceptors (Lipinski definition) is 9. The van der Waals surface area contributed by atoms with E-state index in [1.165, 1.54) is 7.11 Å². The average molecular weight is 288 g/mol. The molecule has 1 unspecified atom stereocenters. The fourth-order valence-electron chi connectivity index (χ4n) is 1.86. The Kier molecular flexibility index (Phi) is 4.00. The van der Waals surface area contributed by atoms with Gasteiger partial charge in [0, 0.05) is 6.54 Å². The van der Waals surface area contributed by atoms with Crippen molar-refractivity contribution in [1.29, 1.82) is 0 Å². The van der Waals surface area contributed by atoms with Gasteiger partial charge in [0.25, 0.3) is 0 Å². The second kappa shape index (κ2) is 5.53. The zero-order valence-electron chi connectivity index (χ0n) is 10.5. The summed E-state index contributed by atoms with van der Waals surface area (Å²) in [6.07, 6.45) is 0.652. The first-order valence-corrected chi connectivity index (χ1v) is 7.55. The van der Waals surface area contributed by atoms with Crippen LogP contribution in [0.25, 0.3) is 0 Å². The molecule has 19 heavy (non-hydrogen) atoms. The van der Waals surface area contributed by atoms with E-state index in [2.05, 4.69) is 25.7 Å². The highest BCUT2D eigenvalue weighted by molar-refractivity contribution is 7.91. The van der Waals surface area contributed by atoms with Crippen LogP contribution in [0.4, 0.5) is 11.9 Å². The summed E-state index contributed by atoms with van der Waals surface area (Å²) in [6, 6.07) is 0.129. The quantitative estimate of drug-likeness (QED) is 0.461. The van der Waals surface area contributed by atoms with Gasteiger partial charge in [0.05, 0.1) is 18.6 Å². The number of nitrogens with one attached hydrogen (secondary N) is 2. The first-order chi connectivity index (χ1) is 9.02. The highest BCUT2D eigenvalue weighted by atomic mass is 32.2. The molecule has 1 fully saturated rings. The summed E-state index contributed by atoms with van der Waals surface area (Å²) in [5, 5.41) is 2.97. The number of hydrogen-bond donors (Lipinski definition) is 3. The number of nitrogens with two attached hydrogens (primary N) is 1. The van der Waals surface area contributed by atoms with Crippen LogP contribution in [0.2, 0.25) is 0 Å². The SMILES string of the molecule is COc1nc(NN)nc(NCC2CCS(=O)(=O)C2)n1. The van der Waals surface area contributed by atoms with E-state index < -0.39 is 9.84 Å².